The van der Waals surface area contributed by atoms with Crippen molar-refractivity contribution in [2.45, 2.75) is 19.9 Å². The van der Waals surface area contributed by atoms with Gasteiger partial charge in [0.25, 0.3) is 0 Å². The molecule has 0 unspecified atom stereocenters. The lowest BCUT2D eigenvalue weighted by molar-refractivity contribution is 0.0701. The predicted octanol–water partition coefficient (Wildman–Crippen LogP) is 3.62. The Balaban J connectivity index is 2.06. The Hall–Kier alpha value is -1.81. The third kappa shape index (κ3) is 2.90. The summed E-state index contributed by atoms with van der Waals surface area (Å²) in [5, 5.41) is 14.1. The molecule has 0 fully saturated rings. The van der Waals surface area contributed by atoms with Crippen LogP contribution in [-0.2, 0) is 13.0 Å². The Labute approximate surface area is 110 Å². The van der Waals surface area contributed by atoms with Crippen LogP contribution in [0.3, 0.4) is 0 Å². The van der Waals surface area contributed by atoms with Crippen molar-refractivity contribution in [3.63, 3.8) is 0 Å². The molecule has 0 aliphatic heterocycles. The van der Waals surface area contributed by atoms with Crippen LogP contribution in [0.25, 0.3) is 0 Å². The van der Waals surface area contributed by atoms with Gasteiger partial charge in [0.15, 0.2) is 0 Å². The zero-order valence-electron chi connectivity index (χ0n) is 10.1. The highest BCUT2D eigenvalue weighted by Gasteiger charge is 2.10. The van der Waals surface area contributed by atoms with E-state index in [9.17, 15) is 4.79 Å². The van der Waals surface area contributed by atoms with E-state index >= 15 is 0 Å². The van der Waals surface area contributed by atoms with Gasteiger partial charge in [-0.1, -0.05) is 19.1 Å². The number of carbonyl (C=O) groups is 1. The van der Waals surface area contributed by atoms with Crippen LogP contribution in [0.5, 0.6) is 0 Å². The van der Waals surface area contributed by atoms with Gasteiger partial charge in [0.2, 0.25) is 0 Å². The maximum atomic E-state index is 11.0. The number of aryl methyl sites for hydroxylation is 1. The van der Waals surface area contributed by atoms with Gasteiger partial charge < -0.3 is 10.4 Å². The molecular formula is C14H15NO2S. The van der Waals surface area contributed by atoms with Crippen molar-refractivity contribution in [2.75, 3.05) is 5.32 Å². The van der Waals surface area contributed by atoms with E-state index in [2.05, 4.69) is 24.4 Å². The van der Waals surface area contributed by atoms with E-state index < -0.39 is 5.97 Å². The fourth-order valence-electron chi connectivity index (χ4n) is 1.76. The molecule has 0 saturated carbocycles. The summed E-state index contributed by atoms with van der Waals surface area (Å²) < 4.78 is 0. The van der Waals surface area contributed by atoms with Crippen LogP contribution < -0.4 is 5.32 Å². The van der Waals surface area contributed by atoms with Gasteiger partial charge in [-0.2, -0.15) is 0 Å². The average Bonchev–Trinajstić information content (AvgIpc) is 2.85. The summed E-state index contributed by atoms with van der Waals surface area (Å²) in [5.41, 5.74) is 3.12. The van der Waals surface area contributed by atoms with Gasteiger partial charge in [-0.25, -0.2) is 4.79 Å². The summed E-state index contributed by atoms with van der Waals surface area (Å²) in [7, 11) is 0. The Morgan fingerprint density at radius 3 is 2.94 bits per heavy atom. The van der Waals surface area contributed by atoms with Crippen molar-refractivity contribution in [3.05, 3.63) is 51.7 Å². The first-order valence-corrected chi connectivity index (χ1v) is 6.71. The lowest BCUT2D eigenvalue weighted by Gasteiger charge is -2.07. The monoisotopic (exact) mass is 261 g/mol. The molecule has 3 nitrogen and oxygen atoms in total. The molecule has 0 saturated heterocycles. The molecule has 0 radical (unpaired) electrons. The summed E-state index contributed by atoms with van der Waals surface area (Å²) in [6, 6.07) is 10.0. The molecular weight excluding hydrogens is 246 g/mol. The third-order valence-electron chi connectivity index (χ3n) is 2.76. The zero-order valence-corrected chi connectivity index (χ0v) is 11.0. The van der Waals surface area contributed by atoms with E-state index in [4.69, 9.17) is 5.11 Å². The van der Waals surface area contributed by atoms with Crippen molar-refractivity contribution in [1.29, 1.82) is 0 Å². The lowest BCUT2D eigenvalue weighted by Crippen LogP contribution is -2.04. The van der Waals surface area contributed by atoms with Gasteiger partial charge in [0.05, 0.1) is 0 Å². The first-order chi connectivity index (χ1) is 8.70. The van der Waals surface area contributed by atoms with E-state index in [-0.39, 0.29) is 0 Å². The molecule has 2 rings (SSSR count). The Morgan fingerprint density at radius 2 is 2.22 bits per heavy atom. The van der Waals surface area contributed by atoms with E-state index in [0.29, 0.717) is 11.4 Å². The number of nitrogens with one attached hydrogen (secondary N) is 1. The molecule has 0 aliphatic carbocycles. The molecule has 0 amide bonds. The minimum atomic E-state index is -0.857. The summed E-state index contributed by atoms with van der Waals surface area (Å²) in [6.07, 6.45) is 0.994. The first-order valence-electron chi connectivity index (χ1n) is 5.83. The summed E-state index contributed by atoms with van der Waals surface area (Å²) in [5.74, 6) is -0.857. The third-order valence-corrected chi connectivity index (χ3v) is 3.70. The second-order valence-electron chi connectivity index (χ2n) is 3.99. The van der Waals surface area contributed by atoms with Crippen LogP contribution >= 0.6 is 11.3 Å². The maximum Gasteiger partial charge on any atom is 0.346 e. The minimum absolute atomic E-state index is 0.411. The number of thiophene rings is 1. The minimum Gasteiger partial charge on any atom is -0.477 e. The molecule has 2 aromatic rings. The van der Waals surface area contributed by atoms with Gasteiger partial charge in [-0.05, 0) is 41.1 Å². The molecule has 0 bridgehead atoms. The Morgan fingerprint density at radius 1 is 1.39 bits per heavy atom. The average molecular weight is 261 g/mol. The van der Waals surface area contributed by atoms with Gasteiger partial charge in [-0.3, -0.25) is 0 Å². The van der Waals surface area contributed by atoms with E-state index in [0.717, 1.165) is 17.7 Å². The van der Waals surface area contributed by atoms with Crippen LogP contribution in [0.15, 0.2) is 35.7 Å². The lowest BCUT2D eigenvalue weighted by atomic mass is 10.1. The van der Waals surface area contributed by atoms with Crippen molar-refractivity contribution < 1.29 is 9.90 Å². The number of benzene rings is 1. The molecule has 2 N–H and O–H groups in total. The van der Waals surface area contributed by atoms with E-state index in [1.165, 1.54) is 16.9 Å². The molecule has 4 heteroatoms. The number of aromatic carboxylic acids is 1. The van der Waals surface area contributed by atoms with E-state index in [1.54, 1.807) is 0 Å². The van der Waals surface area contributed by atoms with Crippen molar-refractivity contribution in [1.82, 2.24) is 0 Å². The van der Waals surface area contributed by atoms with Crippen molar-refractivity contribution >= 4 is 23.0 Å². The predicted molar refractivity (Wildman–Crippen MR) is 74.4 cm³/mol. The van der Waals surface area contributed by atoms with Gasteiger partial charge in [0.1, 0.15) is 4.88 Å². The zero-order chi connectivity index (χ0) is 13.0. The second-order valence-corrected chi connectivity index (χ2v) is 4.90. The standard InChI is InChI=1S/C14H15NO2S/c1-2-10-4-3-5-12(8-10)15-9-11-6-7-18-13(11)14(16)17/h3-8,15H,2,9H2,1H3,(H,16,17). The molecule has 1 aromatic carbocycles. The molecule has 1 heterocycles. The fraction of sp³-hybridized carbons (Fsp3) is 0.214. The molecule has 18 heavy (non-hydrogen) atoms. The highest BCUT2D eigenvalue weighted by Crippen LogP contribution is 2.19. The Bertz CT molecular complexity index is 548. The molecule has 0 spiro atoms. The number of hydrogen-bond acceptors (Lipinski definition) is 3. The topological polar surface area (TPSA) is 49.3 Å². The highest BCUT2D eigenvalue weighted by atomic mass is 32.1. The SMILES string of the molecule is CCc1cccc(NCc2ccsc2C(=O)O)c1. The quantitative estimate of drug-likeness (QED) is 0.864. The maximum absolute atomic E-state index is 11.0. The molecule has 0 atom stereocenters. The number of rotatable bonds is 5. The van der Waals surface area contributed by atoms with Crippen LogP contribution in [0, 0.1) is 0 Å². The summed E-state index contributed by atoms with van der Waals surface area (Å²) in [4.78, 5) is 11.4. The smallest absolute Gasteiger partial charge is 0.346 e. The molecule has 0 aliphatic rings. The summed E-state index contributed by atoms with van der Waals surface area (Å²) >= 11 is 1.26. The van der Waals surface area contributed by atoms with Crippen molar-refractivity contribution in [2.24, 2.45) is 0 Å². The highest BCUT2D eigenvalue weighted by molar-refractivity contribution is 7.12. The molecule has 1 aromatic heterocycles. The van der Waals surface area contributed by atoms with Gasteiger partial charge >= 0.3 is 5.97 Å². The number of carboxylic acids is 1. The van der Waals surface area contributed by atoms with Crippen LogP contribution in [0.4, 0.5) is 5.69 Å². The first kappa shape index (κ1) is 12.6. The van der Waals surface area contributed by atoms with Crippen LogP contribution in [0.1, 0.15) is 27.7 Å². The second kappa shape index (κ2) is 5.69. The van der Waals surface area contributed by atoms with Crippen molar-refractivity contribution in [3.8, 4) is 0 Å². The number of hydrogen-bond donors (Lipinski definition) is 2. The van der Waals surface area contributed by atoms with Crippen LogP contribution in [-0.4, -0.2) is 11.1 Å². The largest absolute Gasteiger partial charge is 0.477 e. The Kier molecular flexibility index (Phi) is 3.99. The number of carboxylic acid groups (broad SMARTS) is 1. The van der Waals surface area contributed by atoms with Gasteiger partial charge in [-0.15, -0.1) is 11.3 Å². The molecule has 94 valence electrons. The van der Waals surface area contributed by atoms with Crippen LogP contribution in [0.2, 0.25) is 0 Å². The van der Waals surface area contributed by atoms with E-state index in [1.807, 2.05) is 23.6 Å². The fourth-order valence-corrected chi connectivity index (χ4v) is 2.52. The number of anilines is 1. The normalized spacial score (nSPS) is 10.3. The summed E-state index contributed by atoms with van der Waals surface area (Å²) in [6.45, 7) is 2.65. The van der Waals surface area contributed by atoms with Gasteiger partial charge in [0, 0.05) is 12.2 Å².